The topological polar surface area (TPSA) is 16.1 Å². The van der Waals surface area contributed by atoms with Crippen LogP contribution in [0.15, 0.2) is 65.1 Å². The largest absolute Gasteiger partial charge is 0.302 e. The molecule has 0 atom stereocenters. The fraction of sp³-hybridized carbons (Fsp3) is 0.174. The Kier molecular flexibility index (Phi) is 3.80. The van der Waals surface area contributed by atoms with Gasteiger partial charge in [0.05, 0.1) is 11.2 Å². The minimum absolute atomic E-state index is 0.948. The number of likely N-dealkylation sites (N-methyl/N-ethyl adjacent to an activating group) is 1. The molecule has 4 aromatic rings. The monoisotopic (exact) mass is 402 g/mol. The Morgan fingerprint density at radius 2 is 1.85 bits per heavy atom. The summed E-state index contributed by atoms with van der Waals surface area (Å²) >= 11 is 3.61. The Balaban J connectivity index is 1.90. The summed E-state index contributed by atoms with van der Waals surface area (Å²) < 4.78 is 1.09. The van der Waals surface area contributed by atoms with Crippen molar-refractivity contribution in [2.45, 2.75) is 13.0 Å². The molecule has 1 aliphatic rings. The summed E-state index contributed by atoms with van der Waals surface area (Å²) in [6, 6.07) is 21.5. The molecule has 5 rings (SSSR count). The van der Waals surface area contributed by atoms with E-state index in [9.17, 15) is 0 Å². The molecule has 0 aliphatic carbocycles. The third-order valence-corrected chi connectivity index (χ3v) is 5.85. The number of hydrogen-bond donors (Lipinski definition) is 0. The second-order valence-corrected chi connectivity index (χ2v) is 8.01. The highest BCUT2D eigenvalue weighted by Gasteiger charge is 2.22. The molecule has 0 amide bonds. The minimum Gasteiger partial charge on any atom is -0.302 e. The number of fused-ring (bicyclic) bond motifs is 5. The first-order valence-electron chi connectivity index (χ1n) is 8.98. The van der Waals surface area contributed by atoms with E-state index in [0.717, 1.165) is 35.2 Å². The maximum absolute atomic E-state index is 5.14. The molecule has 26 heavy (non-hydrogen) atoms. The van der Waals surface area contributed by atoms with Crippen molar-refractivity contribution in [2.75, 3.05) is 13.6 Å². The van der Waals surface area contributed by atoms with Crippen molar-refractivity contribution in [3.8, 4) is 11.3 Å². The van der Waals surface area contributed by atoms with Gasteiger partial charge in [0.2, 0.25) is 0 Å². The first-order chi connectivity index (χ1) is 12.7. The highest BCUT2D eigenvalue weighted by atomic mass is 79.9. The van der Waals surface area contributed by atoms with Crippen molar-refractivity contribution in [3.63, 3.8) is 0 Å². The van der Waals surface area contributed by atoms with E-state index in [-0.39, 0.29) is 0 Å². The van der Waals surface area contributed by atoms with E-state index in [1.807, 2.05) is 0 Å². The molecule has 2 nitrogen and oxygen atoms in total. The van der Waals surface area contributed by atoms with Gasteiger partial charge in [0.25, 0.3) is 0 Å². The quantitative estimate of drug-likeness (QED) is 0.373. The number of hydrogen-bond acceptors (Lipinski definition) is 2. The van der Waals surface area contributed by atoms with Crippen LogP contribution in [0.2, 0.25) is 0 Å². The van der Waals surface area contributed by atoms with Gasteiger partial charge in [-0.1, -0.05) is 58.4 Å². The second-order valence-electron chi connectivity index (χ2n) is 7.10. The van der Waals surface area contributed by atoms with Crippen LogP contribution in [0.4, 0.5) is 0 Å². The number of halogens is 1. The van der Waals surface area contributed by atoms with E-state index < -0.39 is 0 Å². The molecule has 128 valence electrons. The van der Waals surface area contributed by atoms with Crippen molar-refractivity contribution < 1.29 is 0 Å². The van der Waals surface area contributed by atoms with Crippen LogP contribution in [-0.4, -0.2) is 23.5 Å². The number of aromatic nitrogens is 1. The lowest BCUT2D eigenvalue weighted by molar-refractivity contribution is 0.314. The van der Waals surface area contributed by atoms with Gasteiger partial charge < -0.3 is 4.90 Å². The Hall–Kier alpha value is -2.23. The van der Waals surface area contributed by atoms with Gasteiger partial charge in [-0.3, -0.25) is 0 Å². The average Bonchev–Trinajstić information content (AvgIpc) is 2.66. The maximum atomic E-state index is 5.14. The lowest BCUT2D eigenvalue weighted by Crippen LogP contribution is -2.27. The predicted octanol–water partition coefficient (Wildman–Crippen LogP) is 5.81. The normalized spacial score (nSPS) is 14.7. The van der Waals surface area contributed by atoms with Crippen LogP contribution in [0.25, 0.3) is 32.9 Å². The van der Waals surface area contributed by atoms with Gasteiger partial charge in [-0.15, -0.1) is 0 Å². The molecule has 1 aliphatic heterocycles. The Labute approximate surface area is 161 Å². The first-order valence-corrected chi connectivity index (χ1v) is 9.78. The molecule has 0 spiro atoms. The van der Waals surface area contributed by atoms with Gasteiger partial charge in [-0.25, -0.2) is 4.98 Å². The zero-order chi connectivity index (χ0) is 17.7. The summed E-state index contributed by atoms with van der Waals surface area (Å²) in [6.45, 7) is 2.04. The van der Waals surface area contributed by atoms with Crippen molar-refractivity contribution in [3.05, 3.63) is 76.3 Å². The van der Waals surface area contributed by atoms with E-state index in [0.29, 0.717) is 0 Å². The molecule has 0 saturated heterocycles. The minimum atomic E-state index is 0.948. The fourth-order valence-corrected chi connectivity index (χ4v) is 4.52. The van der Waals surface area contributed by atoms with Gasteiger partial charge in [0.15, 0.2) is 0 Å². The van der Waals surface area contributed by atoms with Crippen LogP contribution in [0.1, 0.15) is 11.1 Å². The van der Waals surface area contributed by atoms with Gasteiger partial charge in [0, 0.05) is 28.5 Å². The molecule has 0 fully saturated rings. The number of nitrogens with zero attached hydrogens (tertiary/aromatic N) is 2. The van der Waals surface area contributed by atoms with Gasteiger partial charge >= 0.3 is 0 Å². The number of pyridine rings is 1. The summed E-state index contributed by atoms with van der Waals surface area (Å²) in [7, 11) is 2.20. The lowest BCUT2D eigenvalue weighted by Gasteiger charge is -2.28. The zero-order valence-electron chi connectivity index (χ0n) is 14.7. The molecule has 3 heteroatoms. The fourth-order valence-electron chi connectivity index (χ4n) is 4.12. The van der Waals surface area contributed by atoms with Crippen LogP contribution in [0.3, 0.4) is 0 Å². The van der Waals surface area contributed by atoms with Gasteiger partial charge in [-0.05, 0) is 53.6 Å². The SMILES string of the molecule is CN1CCc2c(c(-c3cccc(Br)c3)nc3ccc4ccccc4c23)C1. The standard InChI is InChI=1S/C23H19BrN2/c1-26-12-11-19-20(14-26)23(16-6-4-7-17(24)13-16)25-21-10-9-15-5-2-3-8-18(15)22(19)21/h2-10,13H,11-12,14H2,1H3. The molecule has 0 saturated carbocycles. The zero-order valence-corrected chi connectivity index (χ0v) is 16.3. The Bertz CT molecular complexity index is 1150. The second kappa shape index (κ2) is 6.19. The molecule has 3 aromatic carbocycles. The molecule has 0 unspecified atom stereocenters. The van der Waals surface area contributed by atoms with Crippen LogP contribution in [0.5, 0.6) is 0 Å². The van der Waals surface area contributed by atoms with Crippen molar-refractivity contribution in [1.82, 2.24) is 9.88 Å². The summed E-state index contributed by atoms with van der Waals surface area (Å²) in [6.07, 6.45) is 1.07. The van der Waals surface area contributed by atoms with E-state index >= 15 is 0 Å². The van der Waals surface area contributed by atoms with Crippen molar-refractivity contribution >= 4 is 37.6 Å². The van der Waals surface area contributed by atoms with Crippen molar-refractivity contribution in [2.24, 2.45) is 0 Å². The van der Waals surface area contributed by atoms with Crippen molar-refractivity contribution in [1.29, 1.82) is 0 Å². The van der Waals surface area contributed by atoms with E-state index in [1.165, 1.54) is 32.8 Å². The molecular weight excluding hydrogens is 384 g/mol. The van der Waals surface area contributed by atoms with Crippen LogP contribution in [0, 0.1) is 0 Å². The molecular formula is C23H19BrN2. The predicted molar refractivity (Wildman–Crippen MR) is 112 cm³/mol. The number of benzene rings is 3. The van der Waals surface area contributed by atoms with Crippen LogP contribution in [-0.2, 0) is 13.0 Å². The summed E-state index contributed by atoms with van der Waals surface area (Å²) in [5, 5.41) is 3.95. The molecule has 0 bridgehead atoms. The number of rotatable bonds is 1. The van der Waals surface area contributed by atoms with Crippen LogP contribution < -0.4 is 0 Å². The van der Waals surface area contributed by atoms with E-state index in [2.05, 4.69) is 88.5 Å². The van der Waals surface area contributed by atoms with Gasteiger partial charge in [-0.2, -0.15) is 0 Å². The third kappa shape index (κ3) is 2.54. The van der Waals surface area contributed by atoms with E-state index in [4.69, 9.17) is 4.98 Å². The summed E-state index contributed by atoms with van der Waals surface area (Å²) in [5.74, 6) is 0. The Morgan fingerprint density at radius 1 is 0.962 bits per heavy atom. The summed E-state index contributed by atoms with van der Waals surface area (Å²) in [4.78, 5) is 7.53. The maximum Gasteiger partial charge on any atom is 0.0757 e. The average molecular weight is 403 g/mol. The van der Waals surface area contributed by atoms with E-state index in [1.54, 1.807) is 0 Å². The van der Waals surface area contributed by atoms with Gasteiger partial charge in [0.1, 0.15) is 0 Å². The highest BCUT2D eigenvalue weighted by Crippen LogP contribution is 2.37. The lowest BCUT2D eigenvalue weighted by atomic mass is 9.90. The molecule has 0 radical (unpaired) electrons. The first kappa shape index (κ1) is 16.0. The highest BCUT2D eigenvalue weighted by molar-refractivity contribution is 9.10. The smallest absolute Gasteiger partial charge is 0.0757 e. The molecule has 2 heterocycles. The summed E-state index contributed by atoms with van der Waals surface area (Å²) in [5.41, 5.74) is 6.25. The third-order valence-electron chi connectivity index (χ3n) is 5.36. The Morgan fingerprint density at radius 3 is 2.73 bits per heavy atom. The van der Waals surface area contributed by atoms with Crippen LogP contribution >= 0.6 is 15.9 Å². The molecule has 0 N–H and O–H groups in total. The molecule has 1 aromatic heterocycles.